The molecule has 2 aromatic carbocycles. The van der Waals surface area contributed by atoms with Gasteiger partial charge in [-0.2, -0.15) is 5.26 Å². The van der Waals surface area contributed by atoms with Crippen LogP contribution < -0.4 is 9.47 Å². The second kappa shape index (κ2) is 6.24. The van der Waals surface area contributed by atoms with Crippen LogP contribution in [-0.4, -0.2) is 24.2 Å². The lowest BCUT2D eigenvalue weighted by Gasteiger charge is -2.07. The van der Waals surface area contributed by atoms with E-state index in [-0.39, 0.29) is 0 Å². The van der Waals surface area contributed by atoms with Crippen molar-refractivity contribution in [2.24, 2.45) is 0 Å². The van der Waals surface area contributed by atoms with E-state index in [4.69, 9.17) is 9.47 Å². The lowest BCUT2D eigenvalue weighted by molar-refractivity contribution is 0.402. The van der Waals surface area contributed by atoms with Crippen molar-refractivity contribution < 1.29 is 9.47 Å². The number of nitriles is 1. The third-order valence-corrected chi connectivity index (χ3v) is 3.50. The first-order valence-electron chi connectivity index (χ1n) is 7.04. The molecule has 1 heterocycles. The van der Waals surface area contributed by atoms with Gasteiger partial charge in [-0.3, -0.25) is 0 Å². The fourth-order valence-electron chi connectivity index (χ4n) is 2.34. The van der Waals surface area contributed by atoms with E-state index in [0.29, 0.717) is 22.9 Å². The third-order valence-electron chi connectivity index (χ3n) is 3.50. The van der Waals surface area contributed by atoms with Crippen LogP contribution in [0.4, 0.5) is 0 Å². The minimum atomic E-state index is 0.424. The summed E-state index contributed by atoms with van der Waals surface area (Å²) >= 11 is 0. The fourth-order valence-corrected chi connectivity index (χ4v) is 2.34. The first-order valence-corrected chi connectivity index (χ1v) is 7.04. The average Bonchev–Trinajstić information content (AvgIpc) is 3.03. The number of nitrogens with zero attached hydrogens (tertiary/aromatic N) is 2. The van der Waals surface area contributed by atoms with Crippen LogP contribution in [0.1, 0.15) is 11.4 Å². The maximum atomic E-state index is 9.51. The van der Waals surface area contributed by atoms with Crippen molar-refractivity contribution in [3.05, 3.63) is 53.9 Å². The van der Waals surface area contributed by atoms with Crippen LogP contribution in [-0.2, 0) is 0 Å². The van der Waals surface area contributed by atoms with E-state index >= 15 is 0 Å². The number of H-pyrrole nitrogens is 1. The molecule has 3 aromatic rings. The van der Waals surface area contributed by atoms with Gasteiger partial charge in [0.05, 0.1) is 30.8 Å². The molecule has 1 N–H and O–H groups in total. The van der Waals surface area contributed by atoms with E-state index in [1.807, 2.05) is 36.4 Å². The van der Waals surface area contributed by atoms with Gasteiger partial charge in [0, 0.05) is 5.56 Å². The van der Waals surface area contributed by atoms with Crippen LogP contribution in [0.5, 0.6) is 11.5 Å². The molecule has 0 aliphatic carbocycles. The van der Waals surface area contributed by atoms with Gasteiger partial charge in [-0.25, -0.2) is 4.98 Å². The molecule has 5 heteroatoms. The Labute approximate surface area is 133 Å². The van der Waals surface area contributed by atoms with Gasteiger partial charge < -0.3 is 14.5 Å². The highest BCUT2D eigenvalue weighted by Gasteiger charge is 2.10. The van der Waals surface area contributed by atoms with E-state index in [1.165, 1.54) is 0 Å². The van der Waals surface area contributed by atoms with Crippen molar-refractivity contribution in [3.8, 4) is 17.6 Å². The number of para-hydroxylation sites is 2. The molecule has 0 fully saturated rings. The van der Waals surface area contributed by atoms with Gasteiger partial charge in [0.1, 0.15) is 23.4 Å². The number of hydrogen-bond donors (Lipinski definition) is 1. The molecule has 23 heavy (non-hydrogen) atoms. The molecule has 0 amide bonds. The summed E-state index contributed by atoms with van der Waals surface area (Å²) in [5.74, 6) is 1.88. The molecular weight excluding hydrogens is 290 g/mol. The van der Waals surface area contributed by atoms with Crippen molar-refractivity contribution >= 4 is 22.7 Å². The van der Waals surface area contributed by atoms with Crippen LogP contribution >= 0.6 is 0 Å². The Morgan fingerprint density at radius 1 is 1.17 bits per heavy atom. The summed E-state index contributed by atoms with van der Waals surface area (Å²) in [7, 11) is 3.19. The van der Waals surface area contributed by atoms with E-state index in [9.17, 15) is 5.26 Å². The van der Waals surface area contributed by atoms with Gasteiger partial charge in [0.15, 0.2) is 0 Å². The number of aromatic nitrogens is 2. The molecule has 0 aliphatic heterocycles. The topological polar surface area (TPSA) is 70.9 Å². The molecule has 0 aliphatic rings. The molecule has 0 radical (unpaired) electrons. The zero-order chi connectivity index (χ0) is 16.2. The molecule has 0 saturated carbocycles. The number of fused-ring (bicyclic) bond motifs is 1. The SMILES string of the molecule is COc1ccc(OC)c(/C=C(/C#N)c2nc3ccccc3[nH]2)c1. The first-order chi connectivity index (χ1) is 11.2. The second-order valence-corrected chi connectivity index (χ2v) is 4.88. The normalized spacial score (nSPS) is 11.3. The molecule has 1 aromatic heterocycles. The first kappa shape index (κ1) is 14.7. The van der Waals surface area contributed by atoms with Crippen molar-refractivity contribution in [2.45, 2.75) is 0 Å². The van der Waals surface area contributed by atoms with Crippen molar-refractivity contribution in [1.82, 2.24) is 9.97 Å². The molecule has 0 unspecified atom stereocenters. The maximum absolute atomic E-state index is 9.51. The monoisotopic (exact) mass is 305 g/mol. The summed E-state index contributed by atoms with van der Waals surface area (Å²) in [4.78, 5) is 7.62. The van der Waals surface area contributed by atoms with Crippen molar-refractivity contribution in [1.29, 1.82) is 5.26 Å². The zero-order valence-corrected chi connectivity index (χ0v) is 12.8. The second-order valence-electron chi connectivity index (χ2n) is 4.88. The Kier molecular flexibility index (Phi) is 3.98. The molecule has 3 rings (SSSR count). The summed E-state index contributed by atoms with van der Waals surface area (Å²) in [6, 6.07) is 15.3. The number of hydrogen-bond acceptors (Lipinski definition) is 4. The number of imidazole rings is 1. The summed E-state index contributed by atoms with van der Waals surface area (Å²) in [5.41, 5.74) is 2.89. The van der Waals surface area contributed by atoms with Crippen LogP contribution in [0.15, 0.2) is 42.5 Å². The third kappa shape index (κ3) is 2.87. The summed E-state index contributed by atoms with van der Waals surface area (Å²) < 4.78 is 10.6. The molecule has 0 spiro atoms. The Morgan fingerprint density at radius 2 is 2.00 bits per heavy atom. The zero-order valence-electron chi connectivity index (χ0n) is 12.8. The number of aromatic amines is 1. The van der Waals surface area contributed by atoms with Gasteiger partial charge in [-0.1, -0.05) is 12.1 Å². The lowest BCUT2D eigenvalue weighted by Crippen LogP contribution is -1.91. The number of methoxy groups -OCH3 is 2. The fraction of sp³-hybridized carbons (Fsp3) is 0.111. The number of allylic oxidation sites excluding steroid dienone is 1. The van der Waals surface area contributed by atoms with Crippen LogP contribution in [0.2, 0.25) is 0 Å². The average molecular weight is 305 g/mol. The summed E-state index contributed by atoms with van der Waals surface area (Å²) in [6.07, 6.45) is 1.74. The van der Waals surface area contributed by atoms with Crippen LogP contribution in [0.25, 0.3) is 22.7 Å². The quantitative estimate of drug-likeness (QED) is 0.747. The summed E-state index contributed by atoms with van der Waals surface area (Å²) in [5, 5.41) is 9.51. The summed E-state index contributed by atoms with van der Waals surface area (Å²) in [6.45, 7) is 0. The molecule has 114 valence electrons. The Morgan fingerprint density at radius 3 is 2.70 bits per heavy atom. The molecule has 0 bridgehead atoms. The van der Waals surface area contributed by atoms with E-state index in [2.05, 4.69) is 16.0 Å². The van der Waals surface area contributed by atoms with Gasteiger partial charge in [-0.15, -0.1) is 0 Å². The van der Waals surface area contributed by atoms with Crippen LogP contribution in [0.3, 0.4) is 0 Å². The van der Waals surface area contributed by atoms with E-state index in [0.717, 1.165) is 16.6 Å². The highest BCUT2D eigenvalue weighted by atomic mass is 16.5. The molecule has 0 atom stereocenters. The predicted octanol–water partition coefficient (Wildman–Crippen LogP) is 3.64. The number of nitrogens with one attached hydrogen (secondary N) is 1. The van der Waals surface area contributed by atoms with Crippen molar-refractivity contribution in [3.63, 3.8) is 0 Å². The highest BCUT2D eigenvalue weighted by molar-refractivity contribution is 5.91. The Hall–Kier alpha value is -3.26. The van der Waals surface area contributed by atoms with Gasteiger partial charge >= 0.3 is 0 Å². The van der Waals surface area contributed by atoms with Gasteiger partial charge in [-0.05, 0) is 36.4 Å². The molecule has 0 saturated heterocycles. The Bertz CT molecular complexity index is 886. The van der Waals surface area contributed by atoms with E-state index in [1.54, 1.807) is 26.4 Å². The number of rotatable bonds is 4. The number of benzene rings is 2. The lowest BCUT2D eigenvalue weighted by atomic mass is 10.1. The predicted molar refractivity (Wildman–Crippen MR) is 89.1 cm³/mol. The maximum Gasteiger partial charge on any atom is 0.149 e. The smallest absolute Gasteiger partial charge is 0.149 e. The largest absolute Gasteiger partial charge is 0.497 e. The van der Waals surface area contributed by atoms with Gasteiger partial charge in [0.25, 0.3) is 0 Å². The van der Waals surface area contributed by atoms with Crippen molar-refractivity contribution in [2.75, 3.05) is 14.2 Å². The minimum absolute atomic E-state index is 0.424. The molecular formula is C18H15N3O2. The van der Waals surface area contributed by atoms with Gasteiger partial charge in [0.2, 0.25) is 0 Å². The highest BCUT2D eigenvalue weighted by Crippen LogP contribution is 2.28. The Balaban J connectivity index is 2.10. The van der Waals surface area contributed by atoms with Crippen LogP contribution in [0, 0.1) is 11.3 Å². The number of ether oxygens (including phenoxy) is 2. The standard InChI is InChI=1S/C18H15N3O2/c1-22-14-7-8-17(23-2)12(10-14)9-13(11-19)18-20-15-5-3-4-6-16(15)21-18/h3-10H,1-2H3,(H,20,21)/b13-9-. The van der Waals surface area contributed by atoms with E-state index < -0.39 is 0 Å². The minimum Gasteiger partial charge on any atom is -0.497 e. The molecule has 5 nitrogen and oxygen atoms in total.